The number of aryl methyl sites for hydroxylation is 1. The Morgan fingerprint density at radius 2 is 2.19 bits per heavy atom. The van der Waals surface area contributed by atoms with Gasteiger partial charge in [-0.1, -0.05) is 22.0 Å². The van der Waals surface area contributed by atoms with Crippen LogP contribution in [-0.2, 0) is 11.2 Å². The van der Waals surface area contributed by atoms with Crippen molar-refractivity contribution in [3.63, 3.8) is 0 Å². The first-order valence-corrected chi connectivity index (χ1v) is 6.41. The fourth-order valence-electron chi connectivity index (χ4n) is 1.47. The number of hydrogen-bond donors (Lipinski definition) is 3. The van der Waals surface area contributed by atoms with Gasteiger partial charge in [-0.2, -0.15) is 0 Å². The molecule has 88 valence electrons. The van der Waals surface area contributed by atoms with Crippen molar-refractivity contribution < 1.29 is 15.0 Å². The third kappa shape index (κ3) is 3.50. The molecule has 0 fully saturated rings. The van der Waals surface area contributed by atoms with E-state index in [0.29, 0.717) is 5.56 Å². The Kier molecular flexibility index (Phi) is 5.31. The third-order valence-electron chi connectivity index (χ3n) is 2.23. The van der Waals surface area contributed by atoms with Gasteiger partial charge < -0.3 is 10.2 Å². The zero-order chi connectivity index (χ0) is 12.1. The predicted molar refractivity (Wildman–Crippen MR) is 68.4 cm³/mol. The molecule has 0 aliphatic heterocycles. The Morgan fingerprint density at radius 1 is 1.50 bits per heavy atom. The lowest BCUT2D eigenvalue weighted by Crippen LogP contribution is -2.12. The molecule has 2 N–H and O–H groups in total. The summed E-state index contributed by atoms with van der Waals surface area (Å²) in [7, 11) is 0. The molecule has 1 rings (SSSR count). The first-order valence-electron chi connectivity index (χ1n) is 4.85. The Bertz CT molecular complexity index is 381. The maximum Gasteiger partial charge on any atom is 0.337 e. The number of carbonyl (C=O) groups is 1. The van der Waals surface area contributed by atoms with Crippen LogP contribution in [0.3, 0.4) is 0 Å². The molecular formula is C11H13BrO3S. The van der Waals surface area contributed by atoms with Crippen LogP contribution in [0.1, 0.15) is 23.7 Å². The molecule has 0 saturated carbocycles. The monoisotopic (exact) mass is 304 g/mol. The molecule has 3 nitrogen and oxygen atoms in total. The lowest BCUT2D eigenvalue weighted by molar-refractivity contribution is -0.147. The van der Waals surface area contributed by atoms with E-state index in [2.05, 4.69) is 28.6 Å². The lowest BCUT2D eigenvalue weighted by Gasteiger charge is -2.12. The minimum absolute atomic E-state index is 0.450. The van der Waals surface area contributed by atoms with Crippen LogP contribution in [0.5, 0.6) is 0 Å². The fraction of sp³-hybridized carbons (Fsp3) is 0.364. The highest BCUT2D eigenvalue weighted by Crippen LogP contribution is 2.23. The minimum Gasteiger partial charge on any atom is -0.479 e. The normalized spacial score (nSPS) is 12.4. The maximum absolute atomic E-state index is 10.7. The number of hydrogen-bond acceptors (Lipinski definition) is 3. The first-order chi connectivity index (χ1) is 7.56. The average Bonchev–Trinajstić information content (AvgIpc) is 2.25. The second-order valence-corrected chi connectivity index (χ2v) is 4.73. The summed E-state index contributed by atoms with van der Waals surface area (Å²) in [5, 5.41) is 19.1. The van der Waals surface area contributed by atoms with Gasteiger partial charge in [-0.05, 0) is 36.1 Å². The number of rotatable bonds is 5. The van der Waals surface area contributed by atoms with Crippen LogP contribution in [0, 0.1) is 0 Å². The SMILES string of the molecule is O=C(O)C(O)c1ccc(S)cc1CCCBr. The Balaban J connectivity index is 3.01. The number of benzene rings is 1. The lowest BCUT2D eigenvalue weighted by atomic mass is 9.99. The molecule has 0 aromatic heterocycles. The topological polar surface area (TPSA) is 57.5 Å². The third-order valence-corrected chi connectivity index (χ3v) is 3.07. The van der Waals surface area contributed by atoms with Crippen molar-refractivity contribution in [3.05, 3.63) is 29.3 Å². The van der Waals surface area contributed by atoms with E-state index >= 15 is 0 Å². The number of aliphatic hydroxyl groups is 1. The van der Waals surface area contributed by atoms with Crippen molar-refractivity contribution in [3.8, 4) is 0 Å². The highest BCUT2D eigenvalue weighted by molar-refractivity contribution is 9.09. The molecule has 0 aliphatic rings. The predicted octanol–water partition coefficient (Wildman–Crippen LogP) is 2.42. The number of halogens is 1. The van der Waals surface area contributed by atoms with E-state index in [9.17, 15) is 9.90 Å². The van der Waals surface area contributed by atoms with Crippen LogP contribution in [0.25, 0.3) is 0 Å². The first kappa shape index (κ1) is 13.5. The number of aliphatic carboxylic acids is 1. The van der Waals surface area contributed by atoms with Crippen LogP contribution in [-0.4, -0.2) is 21.5 Å². The van der Waals surface area contributed by atoms with Crippen LogP contribution in [0.4, 0.5) is 0 Å². The molecule has 1 aromatic rings. The Labute approximate surface area is 108 Å². The molecule has 1 aromatic carbocycles. The number of carboxylic acid groups (broad SMARTS) is 1. The standard InChI is InChI=1S/C11H13BrO3S/c12-5-1-2-7-6-8(16)3-4-9(7)10(13)11(14)15/h3-4,6,10,13,16H,1-2,5H2,(H,14,15). The number of aliphatic hydroxyl groups excluding tert-OH is 1. The molecule has 1 unspecified atom stereocenters. The molecule has 0 heterocycles. The summed E-state index contributed by atoms with van der Waals surface area (Å²) in [5.74, 6) is -1.23. The van der Waals surface area contributed by atoms with E-state index in [-0.39, 0.29) is 0 Å². The summed E-state index contributed by atoms with van der Waals surface area (Å²) in [5.41, 5.74) is 1.29. The molecule has 0 amide bonds. The molecule has 16 heavy (non-hydrogen) atoms. The zero-order valence-corrected chi connectivity index (χ0v) is 11.0. The van der Waals surface area contributed by atoms with Crippen molar-refractivity contribution >= 4 is 34.5 Å². The van der Waals surface area contributed by atoms with Crippen molar-refractivity contribution in [1.82, 2.24) is 0 Å². The van der Waals surface area contributed by atoms with Gasteiger partial charge in [0, 0.05) is 10.2 Å². The van der Waals surface area contributed by atoms with Gasteiger partial charge in [-0.3, -0.25) is 0 Å². The van der Waals surface area contributed by atoms with Crippen LogP contribution < -0.4 is 0 Å². The van der Waals surface area contributed by atoms with E-state index in [1.165, 1.54) is 0 Å². The van der Waals surface area contributed by atoms with Gasteiger partial charge in [-0.15, -0.1) is 12.6 Å². The van der Waals surface area contributed by atoms with Gasteiger partial charge >= 0.3 is 5.97 Å². The summed E-state index contributed by atoms with van der Waals surface area (Å²) in [4.78, 5) is 11.5. The van der Waals surface area contributed by atoms with Gasteiger partial charge in [0.25, 0.3) is 0 Å². The molecular weight excluding hydrogens is 292 g/mol. The molecule has 0 bridgehead atoms. The summed E-state index contributed by atoms with van der Waals surface area (Å²) in [6.45, 7) is 0. The van der Waals surface area contributed by atoms with Crippen molar-refractivity contribution in [2.24, 2.45) is 0 Å². The summed E-state index contributed by atoms with van der Waals surface area (Å²) in [6, 6.07) is 5.10. The number of alkyl halides is 1. The molecule has 0 saturated heterocycles. The smallest absolute Gasteiger partial charge is 0.337 e. The van der Waals surface area contributed by atoms with Gasteiger partial charge in [0.15, 0.2) is 6.10 Å². The van der Waals surface area contributed by atoms with Crippen LogP contribution in [0.15, 0.2) is 23.1 Å². The molecule has 1 atom stereocenters. The zero-order valence-electron chi connectivity index (χ0n) is 8.56. The van der Waals surface area contributed by atoms with Crippen molar-refractivity contribution in [1.29, 1.82) is 0 Å². The van der Waals surface area contributed by atoms with Gasteiger partial charge in [-0.25, -0.2) is 4.79 Å². The van der Waals surface area contributed by atoms with E-state index in [1.807, 2.05) is 0 Å². The molecule has 0 aliphatic carbocycles. The highest BCUT2D eigenvalue weighted by Gasteiger charge is 2.19. The van der Waals surface area contributed by atoms with Crippen molar-refractivity contribution in [2.75, 3.05) is 5.33 Å². The number of thiol groups is 1. The highest BCUT2D eigenvalue weighted by atomic mass is 79.9. The summed E-state index contributed by atoms with van der Waals surface area (Å²) in [6.07, 6.45) is 0.148. The van der Waals surface area contributed by atoms with E-state index in [0.717, 1.165) is 28.6 Å². The van der Waals surface area contributed by atoms with Crippen LogP contribution >= 0.6 is 28.6 Å². The average molecular weight is 305 g/mol. The second-order valence-electron chi connectivity index (χ2n) is 3.42. The quantitative estimate of drug-likeness (QED) is 0.578. The van der Waals surface area contributed by atoms with Gasteiger partial charge in [0.1, 0.15) is 0 Å². The second kappa shape index (κ2) is 6.27. The number of carboxylic acids is 1. The summed E-state index contributed by atoms with van der Waals surface area (Å²) < 4.78 is 0. The Morgan fingerprint density at radius 3 is 2.75 bits per heavy atom. The molecule has 0 spiro atoms. The van der Waals surface area contributed by atoms with E-state index in [1.54, 1.807) is 18.2 Å². The maximum atomic E-state index is 10.7. The minimum atomic E-state index is -1.46. The van der Waals surface area contributed by atoms with Gasteiger partial charge in [0.2, 0.25) is 0 Å². The summed E-state index contributed by atoms with van der Waals surface area (Å²) >= 11 is 7.52. The van der Waals surface area contributed by atoms with Crippen molar-refractivity contribution in [2.45, 2.75) is 23.8 Å². The molecule has 5 heteroatoms. The fourth-order valence-corrected chi connectivity index (χ4v) is 1.98. The van der Waals surface area contributed by atoms with Gasteiger partial charge in [0.05, 0.1) is 0 Å². The molecule has 0 radical (unpaired) electrons. The largest absolute Gasteiger partial charge is 0.479 e. The Hall–Kier alpha value is -0.520. The van der Waals surface area contributed by atoms with Crippen LogP contribution in [0.2, 0.25) is 0 Å². The van der Waals surface area contributed by atoms with E-state index < -0.39 is 12.1 Å². The van der Waals surface area contributed by atoms with E-state index in [4.69, 9.17) is 5.11 Å².